The Hall–Kier alpha value is -3.21. The van der Waals surface area contributed by atoms with Gasteiger partial charge in [-0.3, -0.25) is 19.1 Å². The lowest BCUT2D eigenvalue weighted by Gasteiger charge is -2.39. The largest absolute Gasteiger partial charge is 0.366 e. The van der Waals surface area contributed by atoms with E-state index in [0.717, 1.165) is 11.8 Å². The topological polar surface area (TPSA) is 107 Å². The maximum atomic E-state index is 14.5. The smallest absolute Gasteiger partial charge is 0.270 e. The van der Waals surface area contributed by atoms with Crippen LogP contribution in [-0.4, -0.2) is 71.8 Å². The van der Waals surface area contributed by atoms with E-state index in [1.165, 1.54) is 11.0 Å². The molecule has 2 aromatic rings. The van der Waals surface area contributed by atoms with Crippen molar-refractivity contribution in [1.82, 2.24) is 9.47 Å². The Morgan fingerprint density at radius 3 is 2.46 bits per heavy atom. The number of nitrogens with zero attached hydrogens (tertiary/aromatic N) is 5. The molecule has 1 unspecified atom stereocenters. The highest BCUT2D eigenvalue weighted by Gasteiger charge is 2.42. The molecule has 5 rings (SSSR count). The summed E-state index contributed by atoms with van der Waals surface area (Å²) in [6.45, 7) is 6.02. The molecule has 41 heavy (non-hydrogen) atoms. The molecule has 9 nitrogen and oxygen atoms in total. The Balaban J connectivity index is 1.55. The van der Waals surface area contributed by atoms with Gasteiger partial charge in [-0.05, 0) is 43.5 Å². The summed E-state index contributed by atoms with van der Waals surface area (Å²) in [6.07, 6.45) is 2.66. The number of anilines is 2. The summed E-state index contributed by atoms with van der Waals surface area (Å²) in [7, 11) is -3.23. The highest BCUT2D eigenvalue weighted by Crippen LogP contribution is 2.38. The SMILES string of the molecule is CCCn1c(N2CCN(c3ccccc3F)CC2)c(C=C2SC(=S)N(C3CCS(=O)(=O)C3)C2=O)c(C)c(C#N)c1=O. The van der Waals surface area contributed by atoms with E-state index in [0.29, 0.717) is 77.4 Å². The maximum Gasteiger partial charge on any atom is 0.270 e. The van der Waals surface area contributed by atoms with Crippen molar-refractivity contribution in [2.24, 2.45) is 0 Å². The van der Waals surface area contributed by atoms with Crippen LogP contribution in [0.3, 0.4) is 0 Å². The van der Waals surface area contributed by atoms with E-state index in [-0.39, 0.29) is 34.4 Å². The van der Waals surface area contributed by atoms with Crippen molar-refractivity contribution in [2.45, 2.75) is 39.3 Å². The number of thiocarbonyl (C=S) groups is 1. The average molecular weight is 616 g/mol. The van der Waals surface area contributed by atoms with Gasteiger partial charge in [0.25, 0.3) is 11.5 Å². The van der Waals surface area contributed by atoms with E-state index in [1.807, 2.05) is 17.9 Å². The molecule has 216 valence electrons. The summed E-state index contributed by atoms with van der Waals surface area (Å²) in [5.41, 5.74) is 1.18. The van der Waals surface area contributed by atoms with Gasteiger partial charge >= 0.3 is 0 Å². The number of hydrogen-bond donors (Lipinski definition) is 0. The molecule has 3 aliphatic rings. The van der Waals surface area contributed by atoms with Crippen molar-refractivity contribution in [3.8, 4) is 6.07 Å². The third-order valence-corrected chi connectivity index (χ3v) is 10.8. The van der Waals surface area contributed by atoms with Gasteiger partial charge < -0.3 is 9.80 Å². The van der Waals surface area contributed by atoms with E-state index >= 15 is 0 Å². The first-order valence-electron chi connectivity index (χ1n) is 13.5. The molecule has 0 radical (unpaired) electrons. The number of sulfone groups is 1. The summed E-state index contributed by atoms with van der Waals surface area (Å²) in [6, 6.07) is 8.16. The minimum Gasteiger partial charge on any atom is -0.366 e. The molecule has 1 atom stereocenters. The van der Waals surface area contributed by atoms with Crippen LogP contribution in [-0.2, 0) is 21.2 Å². The van der Waals surface area contributed by atoms with Crippen LogP contribution in [0.15, 0.2) is 34.0 Å². The first-order chi connectivity index (χ1) is 19.6. The number of amides is 1. The number of nitriles is 1. The van der Waals surface area contributed by atoms with Crippen molar-refractivity contribution in [2.75, 3.05) is 47.5 Å². The third kappa shape index (κ3) is 5.52. The third-order valence-electron chi connectivity index (χ3n) is 7.74. The van der Waals surface area contributed by atoms with E-state index < -0.39 is 15.9 Å². The summed E-state index contributed by atoms with van der Waals surface area (Å²) < 4.78 is 40.5. The minimum atomic E-state index is -3.23. The predicted molar refractivity (Wildman–Crippen MR) is 163 cm³/mol. The van der Waals surface area contributed by atoms with Crippen LogP contribution in [0.1, 0.15) is 36.5 Å². The molecule has 0 aliphatic carbocycles. The molecule has 3 saturated heterocycles. The van der Waals surface area contributed by atoms with Crippen LogP contribution in [0.2, 0.25) is 0 Å². The normalized spacial score (nSPS) is 21.7. The van der Waals surface area contributed by atoms with Crippen LogP contribution in [0, 0.1) is 24.1 Å². The Bertz CT molecular complexity index is 1660. The summed E-state index contributed by atoms with van der Waals surface area (Å²) in [5.74, 6) is -0.165. The van der Waals surface area contributed by atoms with Crippen LogP contribution in [0.5, 0.6) is 0 Å². The lowest BCUT2D eigenvalue weighted by atomic mass is 10.0. The van der Waals surface area contributed by atoms with Crippen molar-refractivity contribution < 1.29 is 17.6 Å². The summed E-state index contributed by atoms with van der Waals surface area (Å²) in [5, 5.41) is 9.90. The second-order valence-electron chi connectivity index (χ2n) is 10.3. The number of halogens is 1. The van der Waals surface area contributed by atoms with Crippen molar-refractivity contribution in [3.05, 3.63) is 62.0 Å². The predicted octanol–water partition coefficient (Wildman–Crippen LogP) is 3.29. The molecular weight excluding hydrogens is 586 g/mol. The van der Waals surface area contributed by atoms with E-state index in [9.17, 15) is 27.7 Å². The van der Waals surface area contributed by atoms with E-state index in [4.69, 9.17) is 12.2 Å². The first kappa shape index (κ1) is 29.3. The highest BCUT2D eigenvalue weighted by atomic mass is 32.2. The molecule has 1 amide bonds. The molecule has 3 aliphatic heterocycles. The van der Waals surface area contributed by atoms with Gasteiger partial charge in [0.15, 0.2) is 9.84 Å². The summed E-state index contributed by atoms with van der Waals surface area (Å²) >= 11 is 6.60. The number of para-hydroxylation sites is 1. The van der Waals surface area contributed by atoms with Crippen molar-refractivity contribution in [3.63, 3.8) is 0 Å². The number of rotatable bonds is 6. The van der Waals surface area contributed by atoms with Gasteiger partial charge in [-0.2, -0.15) is 5.26 Å². The second kappa shape index (κ2) is 11.6. The van der Waals surface area contributed by atoms with Crippen LogP contribution in [0.25, 0.3) is 6.08 Å². The lowest BCUT2D eigenvalue weighted by molar-refractivity contribution is -0.123. The van der Waals surface area contributed by atoms with Gasteiger partial charge in [-0.1, -0.05) is 43.0 Å². The molecule has 0 saturated carbocycles. The Labute approximate surface area is 248 Å². The standard InChI is InChI=1S/C28H30FN5O4S3/c1-3-9-33-25(32-12-10-31(11-13-32)23-7-5-4-6-22(23)29)20(18(2)21(16-30)26(33)35)15-24-27(36)34(28(39)40-24)19-8-14-41(37,38)17-19/h4-7,15,19H,3,8-14,17H2,1-2H3. The van der Waals surface area contributed by atoms with Crippen LogP contribution in [0.4, 0.5) is 15.9 Å². The number of hydrogen-bond acceptors (Lipinski definition) is 9. The van der Waals surface area contributed by atoms with Crippen molar-refractivity contribution >= 4 is 61.6 Å². The summed E-state index contributed by atoms with van der Waals surface area (Å²) in [4.78, 5) is 32.7. The molecular formula is C28H30FN5O4S3. The number of pyridine rings is 1. The zero-order valence-corrected chi connectivity index (χ0v) is 25.2. The number of piperazine rings is 1. The fourth-order valence-corrected chi connectivity index (χ4v) is 8.77. The number of carbonyl (C=O) groups is 1. The second-order valence-corrected chi connectivity index (χ2v) is 14.2. The van der Waals surface area contributed by atoms with Crippen molar-refractivity contribution in [1.29, 1.82) is 5.26 Å². The quantitative estimate of drug-likeness (QED) is 0.358. The van der Waals surface area contributed by atoms with Gasteiger partial charge in [0.1, 0.15) is 27.6 Å². The molecule has 0 bridgehead atoms. The Morgan fingerprint density at radius 2 is 1.85 bits per heavy atom. The number of aromatic nitrogens is 1. The fourth-order valence-electron chi connectivity index (χ4n) is 5.69. The van der Waals surface area contributed by atoms with Gasteiger partial charge in [-0.15, -0.1) is 0 Å². The van der Waals surface area contributed by atoms with Crippen LogP contribution >= 0.6 is 24.0 Å². The van der Waals surface area contributed by atoms with E-state index in [1.54, 1.807) is 35.8 Å². The molecule has 3 fully saturated rings. The monoisotopic (exact) mass is 615 g/mol. The highest BCUT2D eigenvalue weighted by molar-refractivity contribution is 8.26. The van der Waals surface area contributed by atoms with Gasteiger partial charge in [0.05, 0.1) is 28.1 Å². The minimum absolute atomic E-state index is 0.0100. The average Bonchev–Trinajstić information content (AvgIpc) is 3.44. The Morgan fingerprint density at radius 1 is 1.17 bits per heavy atom. The molecule has 4 heterocycles. The van der Waals surface area contributed by atoms with Gasteiger partial charge in [-0.25, -0.2) is 12.8 Å². The number of carbonyl (C=O) groups excluding carboxylic acids is 1. The fraction of sp³-hybridized carbons (Fsp3) is 0.429. The number of thioether (sulfide) groups is 1. The lowest BCUT2D eigenvalue weighted by Crippen LogP contribution is -2.49. The zero-order chi connectivity index (χ0) is 29.5. The molecule has 1 aromatic heterocycles. The van der Waals surface area contributed by atoms with Crippen LogP contribution < -0.4 is 15.4 Å². The zero-order valence-electron chi connectivity index (χ0n) is 22.8. The molecule has 0 N–H and O–H groups in total. The van der Waals surface area contributed by atoms with Gasteiger partial charge in [0.2, 0.25) is 0 Å². The first-order valence-corrected chi connectivity index (χ1v) is 16.5. The van der Waals surface area contributed by atoms with Gasteiger partial charge in [0, 0.05) is 38.3 Å². The Kier molecular flexibility index (Phi) is 8.27. The van der Waals surface area contributed by atoms with E-state index in [2.05, 4.69) is 4.90 Å². The molecule has 13 heteroatoms. The maximum absolute atomic E-state index is 14.5. The molecule has 0 spiro atoms. The molecule has 1 aromatic carbocycles. The number of benzene rings is 1.